The van der Waals surface area contributed by atoms with Crippen LogP contribution in [0.2, 0.25) is 0 Å². The van der Waals surface area contributed by atoms with Crippen LogP contribution in [-0.4, -0.2) is 0 Å². The summed E-state index contributed by atoms with van der Waals surface area (Å²) in [6.07, 6.45) is 3.01. The van der Waals surface area contributed by atoms with Gasteiger partial charge in [-0.3, -0.25) is 0 Å². The van der Waals surface area contributed by atoms with Crippen LogP contribution >= 0.6 is 27.3 Å². The Labute approximate surface area is 121 Å². The molecule has 0 amide bonds. The first-order valence-corrected chi connectivity index (χ1v) is 7.88. The van der Waals surface area contributed by atoms with E-state index in [0.717, 1.165) is 23.7 Å². The minimum Gasteiger partial charge on any atom is -0.321 e. The van der Waals surface area contributed by atoms with E-state index < -0.39 is 0 Å². The minimum atomic E-state index is -0.250. The van der Waals surface area contributed by atoms with Gasteiger partial charge in [-0.1, -0.05) is 43.7 Å². The summed E-state index contributed by atoms with van der Waals surface area (Å²) in [5.41, 5.74) is 7.65. The van der Waals surface area contributed by atoms with Crippen molar-refractivity contribution in [3.05, 3.63) is 56.7 Å². The predicted molar refractivity (Wildman–Crippen MR) is 82.9 cm³/mol. The van der Waals surface area contributed by atoms with Crippen LogP contribution < -0.4 is 5.73 Å². The molecule has 1 heterocycles. The molecule has 2 N–H and O–H groups in total. The Morgan fingerprint density at radius 3 is 2.56 bits per heavy atom. The van der Waals surface area contributed by atoms with Crippen molar-refractivity contribution in [2.24, 2.45) is 5.73 Å². The number of nitrogens with two attached hydrogens (primary N) is 1. The van der Waals surface area contributed by atoms with Gasteiger partial charge in [0.25, 0.3) is 0 Å². The Kier molecular flexibility index (Phi) is 4.60. The molecule has 0 aliphatic carbocycles. The van der Waals surface area contributed by atoms with Crippen LogP contribution in [0.25, 0.3) is 0 Å². The molecular formula is C15H18BrNS. The van der Waals surface area contributed by atoms with Gasteiger partial charge in [-0.25, -0.2) is 0 Å². The standard InChI is InChI=1S/C15H18BrNS/c1-2-8-15(17,12-6-4-3-5-7-12)10-14-9-13(16)11-18-14/h3-7,9,11H,2,8,10,17H2,1H3. The predicted octanol–water partition coefficient (Wildman–Crippen LogP) is 4.71. The molecule has 1 aromatic carbocycles. The van der Waals surface area contributed by atoms with Gasteiger partial charge >= 0.3 is 0 Å². The number of thiophene rings is 1. The van der Waals surface area contributed by atoms with Gasteiger partial charge in [0.05, 0.1) is 0 Å². The third kappa shape index (κ3) is 3.22. The van der Waals surface area contributed by atoms with Gasteiger partial charge in [-0.15, -0.1) is 11.3 Å². The smallest absolute Gasteiger partial charge is 0.0458 e. The Balaban J connectivity index is 2.26. The van der Waals surface area contributed by atoms with Gasteiger partial charge in [0.2, 0.25) is 0 Å². The van der Waals surface area contributed by atoms with Crippen LogP contribution in [0.15, 0.2) is 46.3 Å². The van der Waals surface area contributed by atoms with E-state index >= 15 is 0 Å². The molecular weight excluding hydrogens is 306 g/mol. The maximum absolute atomic E-state index is 6.66. The van der Waals surface area contributed by atoms with Crippen molar-refractivity contribution in [1.82, 2.24) is 0 Å². The summed E-state index contributed by atoms with van der Waals surface area (Å²) in [6.45, 7) is 2.19. The number of benzene rings is 1. The SMILES string of the molecule is CCCC(N)(Cc1cc(Br)cs1)c1ccccc1. The second-order valence-electron chi connectivity index (χ2n) is 4.68. The summed E-state index contributed by atoms with van der Waals surface area (Å²) in [4.78, 5) is 1.33. The Morgan fingerprint density at radius 1 is 1.28 bits per heavy atom. The van der Waals surface area contributed by atoms with Crippen LogP contribution in [0.1, 0.15) is 30.2 Å². The average molecular weight is 324 g/mol. The highest BCUT2D eigenvalue weighted by molar-refractivity contribution is 9.10. The normalized spacial score (nSPS) is 14.4. The quantitative estimate of drug-likeness (QED) is 0.847. The Hall–Kier alpha value is -0.640. The molecule has 3 heteroatoms. The maximum atomic E-state index is 6.66. The van der Waals surface area contributed by atoms with Gasteiger partial charge in [0, 0.05) is 26.7 Å². The Morgan fingerprint density at radius 2 is 2.00 bits per heavy atom. The average Bonchev–Trinajstić information content (AvgIpc) is 2.76. The fourth-order valence-corrected chi connectivity index (χ4v) is 3.88. The molecule has 0 bridgehead atoms. The first kappa shape index (κ1) is 13.8. The molecule has 2 rings (SSSR count). The van der Waals surface area contributed by atoms with Gasteiger partial charge in [0.1, 0.15) is 0 Å². The number of rotatable bonds is 5. The number of halogens is 1. The lowest BCUT2D eigenvalue weighted by Gasteiger charge is -2.29. The van der Waals surface area contributed by atoms with Crippen molar-refractivity contribution in [2.45, 2.75) is 31.7 Å². The van der Waals surface area contributed by atoms with Crippen LogP contribution in [0.4, 0.5) is 0 Å². The highest BCUT2D eigenvalue weighted by Crippen LogP contribution is 2.31. The third-order valence-corrected chi connectivity index (χ3v) is 4.85. The summed E-state index contributed by atoms with van der Waals surface area (Å²) in [6, 6.07) is 12.6. The number of hydrogen-bond donors (Lipinski definition) is 1. The van der Waals surface area contributed by atoms with Crippen molar-refractivity contribution in [2.75, 3.05) is 0 Å². The van der Waals surface area contributed by atoms with Gasteiger partial charge in [0.15, 0.2) is 0 Å². The van der Waals surface area contributed by atoms with Gasteiger partial charge in [-0.2, -0.15) is 0 Å². The van der Waals surface area contributed by atoms with E-state index in [1.54, 1.807) is 11.3 Å². The zero-order chi connectivity index (χ0) is 13.0. The van der Waals surface area contributed by atoms with Crippen LogP contribution in [0.5, 0.6) is 0 Å². The molecule has 0 aliphatic rings. The summed E-state index contributed by atoms with van der Waals surface area (Å²) < 4.78 is 1.15. The molecule has 0 saturated carbocycles. The van der Waals surface area contributed by atoms with E-state index in [9.17, 15) is 0 Å². The lowest BCUT2D eigenvalue weighted by Crippen LogP contribution is -2.38. The van der Waals surface area contributed by atoms with Gasteiger partial charge < -0.3 is 5.73 Å². The van der Waals surface area contributed by atoms with Crippen molar-refractivity contribution >= 4 is 27.3 Å². The highest BCUT2D eigenvalue weighted by atomic mass is 79.9. The first-order chi connectivity index (χ1) is 8.64. The molecule has 18 heavy (non-hydrogen) atoms. The summed E-state index contributed by atoms with van der Waals surface area (Å²) in [5.74, 6) is 0. The minimum absolute atomic E-state index is 0.250. The van der Waals surface area contributed by atoms with Gasteiger partial charge in [-0.05, 0) is 34.0 Å². The fourth-order valence-electron chi connectivity index (χ4n) is 2.31. The molecule has 0 aliphatic heterocycles. The zero-order valence-electron chi connectivity index (χ0n) is 10.5. The van der Waals surface area contributed by atoms with E-state index in [4.69, 9.17) is 5.73 Å². The second kappa shape index (κ2) is 6.00. The molecule has 0 saturated heterocycles. The highest BCUT2D eigenvalue weighted by Gasteiger charge is 2.27. The molecule has 1 aromatic heterocycles. The van der Waals surface area contributed by atoms with E-state index in [-0.39, 0.29) is 5.54 Å². The summed E-state index contributed by atoms with van der Waals surface area (Å²) >= 11 is 5.27. The summed E-state index contributed by atoms with van der Waals surface area (Å²) in [7, 11) is 0. The van der Waals surface area contributed by atoms with E-state index in [1.165, 1.54) is 10.4 Å². The molecule has 2 aromatic rings. The maximum Gasteiger partial charge on any atom is 0.0458 e. The molecule has 96 valence electrons. The van der Waals surface area contributed by atoms with Crippen LogP contribution in [0, 0.1) is 0 Å². The fraction of sp³-hybridized carbons (Fsp3) is 0.333. The monoisotopic (exact) mass is 323 g/mol. The molecule has 0 radical (unpaired) electrons. The third-order valence-electron chi connectivity index (χ3n) is 3.16. The topological polar surface area (TPSA) is 26.0 Å². The molecule has 1 nitrogen and oxygen atoms in total. The molecule has 1 unspecified atom stereocenters. The van der Waals surface area contributed by atoms with Crippen LogP contribution in [-0.2, 0) is 12.0 Å². The van der Waals surface area contributed by atoms with Crippen molar-refractivity contribution in [3.63, 3.8) is 0 Å². The van der Waals surface area contributed by atoms with E-state index in [2.05, 4.69) is 58.6 Å². The first-order valence-electron chi connectivity index (χ1n) is 6.21. The lowest BCUT2D eigenvalue weighted by atomic mass is 9.83. The molecule has 1 atom stereocenters. The molecule has 0 fully saturated rings. The lowest BCUT2D eigenvalue weighted by molar-refractivity contribution is 0.403. The molecule has 0 spiro atoms. The van der Waals surface area contributed by atoms with E-state index in [1.807, 2.05) is 6.07 Å². The van der Waals surface area contributed by atoms with Crippen molar-refractivity contribution < 1.29 is 0 Å². The number of hydrogen-bond acceptors (Lipinski definition) is 2. The second-order valence-corrected chi connectivity index (χ2v) is 6.59. The largest absolute Gasteiger partial charge is 0.321 e. The summed E-state index contributed by atoms with van der Waals surface area (Å²) in [5, 5.41) is 2.12. The van der Waals surface area contributed by atoms with Crippen molar-refractivity contribution in [1.29, 1.82) is 0 Å². The van der Waals surface area contributed by atoms with Crippen LogP contribution in [0.3, 0.4) is 0 Å². The van der Waals surface area contributed by atoms with E-state index in [0.29, 0.717) is 0 Å². The zero-order valence-corrected chi connectivity index (χ0v) is 12.9. The van der Waals surface area contributed by atoms with Crippen molar-refractivity contribution in [3.8, 4) is 0 Å². The Bertz CT molecular complexity index is 494.